The first-order valence-electron chi connectivity index (χ1n) is 7.99. The third-order valence-corrected chi connectivity index (χ3v) is 4.13. The molecule has 2 aromatic heterocycles. The average molecular weight is 346 g/mol. The third-order valence-electron chi connectivity index (χ3n) is 4.13. The number of hydrogen-bond donors (Lipinski definition) is 2. The fourth-order valence-electron chi connectivity index (χ4n) is 2.99. The van der Waals surface area contributed by atoms with E-state index in [1.54, 1.807) is 28.8 Å². The zero-order valence-corrected chi connectivity index (χ0v) is 13.6. The second-order valence-corrected chi connectivity index (χ2v) is 5.80. The van der Waals surface area contributed by atoms with Crippen LogP contribution in [0, 0.1) is 0 Å². The van der Waals surface area contributed by atoms with E-state index >= 15 is 0 Å². The maximum atomic E-state index is 12.7. The summed E-state index contributed by atoms with van der Waals surface area (Å²) in [5.41, 5.74) is 0.956. The van der Waals surface area contributed by atoms with Crippen LogP contribution < -0.4 is 16.3 Å². The summed E-state index contributed by atoms with van der Waals surface area (Å²) >= 11 is 0. The van der Waals surface area contributed by atoms with Gasteiger partial charge in [0.15, 0.2) is 11.2 Å². The van der Waals surface area contributed by atoms with Crippen molar-refractivity contribution in [3.05, 3.63) is 81.2 Å². The summed E-state index contributed by atoms with van der Waals surface area (Å²) < 4.78 is 1.80. The summed E-state index contributed by atoms with van der Waals surface area (Å²) in [6.45, 7) is 0.00210. The Balaban J connectivity index is 1.80. The van der Waals surface area contributed by atoms with Gasteiger partial charge in [0.1, 0.15) is 6.54 Å². The number of nitrogens with one attached hydrogen (secondary N) is 2. The van der Waals surface area contributed by atoms with Crippen LogP contribution >= 0.6 is 0 Å². The molecule has 1 amide bonds. The lowest BCUT2D eigenvalue weighted by Gasteiger charge is -2.14. The number of anilines is 1. The maximum Gasteiger partial charge on any atom is 0.264 e. The highest BCUT2D eigenvalue weighted by molar-refractivity contribution is 5.96. The van der Waals surface area contributed by atoms with Crippen molar-refractivity contribution in [3.8, 4) is 0 Å². The van der Waals surface area contributed by atoms with Gasteiger partial charge in [-0.2, -0.15) is 5.10 Å². The highest BCUT2D eigenvalue weighted by Crippen LogP contribution is 2.19. The molecule has 0 aliphatic heterocycles. The molecule has 4 aromatic rings. The number of pyridine rings is 1. The van der Waals surface area contributed by atoms with Gasteiger partial charge in [-0.15, -0.1) is 0 Å². The van der Waals surface area contributed by atoms with Gasteiger partial charge >= 0.3 is 0 Å². The molecule has 0 unspecified atom stereocenters. The van der Waals surface area contributed by atoms with Crippen LogP contribution in [-0.2, 0) is 11.3 Å². The number of H-pyrrole nitrogens is 1. The molecule has 4 rings (SSSR count). The van der Waals surface area contributed by atoms with Crippen molar-refractivity contribution < 1.29 is 4.79 Å². The van der Waals surface area contributed by atoms with E-state index in [-0.39, 0.29) is 29.3 Å². The number of fused-ring (bicyclic) bond motifs is 2. The van der Waals surface area contributed by atoms with Gasteiger partial charge in [-0.05, 0) is 30.3 Å². The molecule has 0 bridgehead atoms. The zero-order chi connectivity index (χ0) is 18.1. The van der Waals surface area contributed by atoms with E-state index < -0.39 is 0 Å². The summed E-state index contributed by atoms with van der Waals surface area (Å²) in [5.74, 6) is -0.0623. The molecule has 26 heavy (non-hydrogen) atoms. The molecule has 2 aromatic carbocycles. The number of rotatable bonds is 3. The number of aromatic nitrogens is 3. The van der Waals surface area contributed by atoms with E-state index in [1.165, 1.54) is 12.1 Å². The summed E-state index contributed by atoms with van der Waals surface area (Å²) in [7, 11) is 0. The number of carbonyl (C=O) groups excluding carboxylic acids is 1. The smallest absolute Gasteiger partial charge is 0.264 e. The number of hydrogen-bond acceptors (Lipinski definition) is 4. The Kier molecular flexibility index (Phi) is 3.81. The molecule has 2 N–H and O–H groups in total. The molecule has 128 valence electrons. The molecule has 2 heterocycles. The normalized spacial score (nSPS) is 10.9. The highest BCUT2D eigenvalue weighted by Gasteiger charge is 2.13. The Morgan fingerprint density at radius 2 is 1.54 bits per heavy atom. The fourth-order valence-corrected chi connectivity index (χ4v) is 2.99. The number of aromatic amines is 1. The number of carbonyl (C=O) groups is 1. The SMILES string of the molecule is O=C(Cn1c2ccccc2c(=O)c2ccccc21)Nc1ccc(=O)[nH]n1. The summed E-state index contributed by atoms with van der Waals surface area (Å²) in [4.78, 5) is 36.2. The Bertz CT molecular complexity index is 1180. The average Bonchev–Trinajstić information content (AvgIpc) is 2.67. The molecule has 0 radical (unpaired) electrons. The van der Waals surface area contributed by atoms with E-state index in [0.717, 1.165) is 0 Å². The molecule has 0 saturated carbocycles. The van der Waals surface area contributed by atoms with Crippen LogP contribution in [0.2, 0.25) is 0 Å². The summed E-state index contributed by atoms with van der Waals surface area (Å²) in [5, 5.41) is 9.79. The Morgan fingerprint density at radius 3 is 2.12 bits per heavy atom. The van der Waals surface area contributed by atoms with Crippen LogP contribution in [-0.4, -0.2) is 20.7 Å². The van der Waals surface area contributed by atoms with Gasteiger partial charge in [0, 0.05) is 16.8 Å². The van der Waals surface area contributed by atoms with E-state index in [0.29, 0.717) is 21.8 Å². The first kappa shape index (κ1) is 15.8. The molecule has 0 saturated heterocycles. The lowest BCUT2D eigenvalue weighted by atomic mass is 10.1. The van der Waals surface area contributed by atoms with Gasteiger partial charge in [-0.3, -0.25) is 14.4 Å². The van der Waals surface area contributed by atoms with Crippen LogP contribution in [0.15, 0.2) is 70.3 Å². The Hall–Kier alpha value is -3.74. The molecule has 0 aliphatic rings. The third kappa shape index (κ3) is 2.75. The molecule has 0 aliphatic carbocycles. The van der Waals surface area contributed by atoms with Gasteiger partial charge in [0.2, 0.25) is 5.91 Å². The largest absolute Gasteiger partial charge is 0.331 e. The second kappa shape index (κ2) is 6.29. The van der Waals surface area contributed by atoms with Gasteiger partial charge in [0.05, 0.1) is 11.0 Å². The van der Waals surface area contributed by atoms with Crippen molar-refractivity contribution in [2.75, 3.05) is 5.32 Å². The predicted octanol–water partition coefficient (Wildman–Crippen LogP) is 1.88. The van der Waals surface area contributed by atoms with Crippen LogP contribution in [0.25, 0.3) is 21.8 Å². The molecule has 0 fully saturated rings. The topological polar surface area (TPSA) is 96.9 Å². The molecule has 7 nitrogen and oxygen atoms in total. The Labute approximate surface area is 146 Å². The molecular formula is C19H14N4O3. The molecule has 0 atom stereocenters. The number of nitrogens with zero attached hydrogens (tertiary/aromatic N) is 2. The zero-order valence-electron chi connectivity index (χ0n) is 13.6. The standard InChI is InChI=1S/C19H14N4O3/c24-17-10-9-16(21-22-17)20-18(25)11-23-14-7-3-1-5-12(14)19(26)13-6-2-4-8-15(13)23/h1-10H,11H2,(H,22,24)(H,20,21,25). The molecule has 0 spiro atoms. The van der Waals surface area contributed by atoms with Crippen molar-refractivity contribution in [3.63, 3.8) is 0 Å². The quantitative estimate of drug-likeness (QED) is 0.554. The van der Waals surface area contributed by atoms with Crippen molar-refractivity contribution in [1.29, 1.82) is 0 Å². The number of benzene rings is 2. The van der Waals surface area contributed by atoms with E-state index in [9.17, 15) is 14.4 Å². The van der Waals surface area contributed by atoms with E-state index in [4.69, 9.17) is 0 Å². The fraction of sp³-hybridized carbons (Fsp3) is 0.0526. The van der Waals surface area contributed by atoms with Gasteiger partial charge in [-0.25, -0.2) is 5.10 Å². The minimum atomic E-state index is -0.347. The van der Waals surface area contributed by atoms with Crippen molar-refractivity contribution in [1.82, 2.24) is 14.8 Å². The lowest BCUT2D eigenvalue weighted by Crippen LogP contribution is -2.22. The minimum absolute atomic E-state index is 0.00210. The van der Waals surface area contributed by atoms with Crippen molar-refractivity contribution in [2.24, 2.45) is 0 Å². The molecule has 7 heteroatoms. The van der Waals surface area contributed by atoms with Gasteiger partial charge in [-0.1, -0.05) is 24.3 Å². The monoisotopic (exact) mass is 346 g/mol. The first-order chi connectivity index (χ1) is 12.6. The van der Waals surface area contributed by atoms with Crippen LogP contribution in [0.3, 0.4) is 0 Å². The lowest BCUT2D eigenvalue weighted by molar-refractivity contribution is -0.116. The van der Waals surface area contributed by atoms with E-state index in [1.807, 2.05) is 24.3 Å². The second-order valence-electron chi connectivity index (χ2n) is 5.80. The van der Waals surface area contributed by atoms with E-state index in [2.05, 4.69) is 15.5 Å². The first-order valence-corrected chi connectivity index (χ1v) is 7.99. The van der Waals surface area contributed by atoms with Gasteiger partial charge < -0.3 is 9.88 Å². The van der Waals surface area contributed by atoms with Crippen molar-refractivity contribution in [2.45, 2.75) is 6.54 Å². The van der Waals surface area contributed by atoms with Crippen LogP contribution in [0.4, 0.5) is 5.82 Å². The minimum Gasteiger partial charge on any atom is -0.331 e. The van der Waals surface area contributed by atoms with Crippen LogP contribution in [0.5, 0.6) is 0 Å². The van der Waals surface area contributed by atoms with Crippen molar-refractivity contribution >= 4 is 33.5 Å². The predicted molar refractivity (Wildman–Crippen MR) is 99.2 cm³/mol. The van der Waals surface area contributed by atoms with Gasteiger partial charge in [0.25, 0.3) is 5.56 Å². The summed E-state index contributed by atoms with van der Waals surface area (Å²) in [6.07, 6.45) is 0. The number of amides is 1. The number of para-hydroxylation sites is 2. The Morgan fingerprint density at radius 1 is 0.923 bits per heavy atom. The van der Waals surface area contributed by atoms with Crippen LogP contribution in [0.1, 0.15) is 0 Å². The molecular weight excluding hydrogens is 332 g/mol. The highest BCUT2D eigenvalue weighted by atomic mass is 16.2. The maximum absolute atomic E-state index is 12.7. The summed E-state index contributed by atoms with van der Waals surface area (Å²) in [6, 6.07) is 17.1.